The van der Waals surface area contributed by atoms with Crippen LogP contribution in [0.5, 0.6) is 0 Å². The van der Waals surface area contributed by atoms with Gasteiger partial charge >= 0.3 is 6.09 Å². The fraction of sp³-hybridized carbons (Fsp3) is 0.529. The molecule has 2 aromatic carbocycles. The average Bonchev–Trinajstić information content (AvgIpc) is 3.34. The minimum atomic E-state index is -3.81. The predicted molar refractivity (Wildman–Crippen MR) is 175 cm³/mol. The van der Waals surface area contributed by atoms with E-state index in [0.29, 0.717) is 32.2 Å². The Morgan fingerprint density at radius 2 is 1.80 bits per heavy atom. The highest BCUT2D eigenvalue weighted by Gasteiger charge is 2.38. The molecule has 2 amide bonds. The summed E-state index contributed by atoms with van der Waals surface area (Å²) >= 11 is 0. The van der Waals surface area contributed by atoms with E-state index < -0.39 is 33.8 Å². The Morgan fingerprint density at radius 3 is 2.44 bits per heavy atom. The number of rotatable bonds is 12. The van der Waals surface area contributed by atoms with E-state index in [1.807, 2.05) is 45.0 Å². The smallest absolute Gasteiger partial charge is 0.411 e. The number of carbonyl (C=O) groups excluding carboxylic acids is 2. The van der Waals surface area contributed by atoms with Crippen molar-refractivity contribution >= 4 is 32.9 Å². The predicted octanol–water partition coefficient (Wildman–Crippen LogP) is 5.13. The van der Waals surface area contributed by atoms with E-state index in [2.05, 4.69) is 10.3 Å². The number of ether oxygens (including phenoxy) is 1. The lowest BCUT2D eigenvalue weighted by Crippen LogP contribution is -2.53. The average molecular weight is 641 g/mol. The molecule has 3 aromatic rings. The summed E-state index contributed by atoms with van der Waals surface area (Å²) in [6.07, 6.45) is 1.43. The summed E-state index contributed by atoms with van der Waals surface area (Å²) in [5, 5.41) is 14.3. The normalized spacial score (nSPS) is 16.2. The van der Waals surface area contributed by atoms with Crippen LogP contribution in [-0.4, -0.2) is 77.1 Å². The van der Waals surface area contributed by atoms with Crippen molar-refractivity contribution in [3.63, 3.8) is 0 Å². The van der Waals surface area contributed by atoms with E-state index in [-0.39, 0.29) is 36.4 Å². The molecule has 0 fully saturated rings. The summed E-state index contributed by atoms with van der Waals surface area (Å²) in [7, 11) is -3.81. The Kier molecular flexibility index (Phi) is 11.0. The molecular weight excluding hydrogens is 592 g/mol. The van der Waals surface area contributed by atoms with Gasteiger partial charge in [-0.3, -0.25) is 9.69 Å². The lowest BCUT2D eigenvalue weighted by Gasteiger charge is -2.36. The van der Waals surface area contributed by atoms with Crippen molar-refractivity contribution in [1.29, 1.82) is 0 Å². The number of aliphatic hydroxyl groups is 1. The molecule has 0 radical (unpaired) electrons. The second kappa shape index (κ2) is 14.3. The third-order valence-electron chi connectivity index (χ3n) is 7.99. The summed E-state index contributed by atoms with van der Waals surface area (Å²) in [5.74, 6) is -0.196. The van der Waals surface area contributed by atoms with Crippen LogP contribution in [0.3, 0.4) is 0 Å². The van der Waals surface area contributed by atoms with Crippen LogP contribution in [0, 0.1) is 12.8 Å². The third kappa shape index (κ3) is 8.45. The van der Waals surface area contributed by atoms with Gasteiger partial charge in [-0.2, -0.15) is 4.31 Å². The number of nitrogens with zero attached hydrogens (tertiary/aromatic N) is 2. The van der Waals surface area contributed by atoms with Gasteiger partial charge in [-0.15, -0.1) is 0 Å². The summed E-state index contributed by atoms with van der Waals surface area (Å²) in [6, 6.07) is 13.3. The first-order chi connectivity index (χ1) is 21.2. The van der Waals surface area contributed by atoms with Gasteiger partial charge < -0.3 is 20.1 Å². The number of carbonyl (C=O) groups is 2. The highest BCUT2D eigenvalue weighted by atomic mass is 32.2. The Bertz CT molecular complexity index is 1580. The van der Waals surface area contributed by atoms with Crippen LogP contribution in [0.15, 0.2) is 53.4 Å². The standard InChI is InChI=1S/C34H48N4O6S/c1-23(2)20-38(45(42,43)26-16-14-24(3)15-17-26)25(22-39)11-9-10-18-35-32(40)31-19-28-27-12-7-8-13-29(27)36-30(28)21-37(31)33(41)44-34(4,5)6/h7-8,12-17,23,25,31,36,39H,9-11,18-22H2,1-6H3,(H,35,40)/t25-,31-/m0/s1. The molecule has 4 rings (SSSR count). The van der Waals surface area contributed by atoms with Crippen molar-refractivity contribution < 1.29 is 27.9 Å². The van der Waals surface area contributed by atoms with Crippen LogP contribution < -0.4 is 5.32 Å². The second-order valence-corrected chi connectivity index (χ2v) is 15.3. The molecular formula is C34H48N4O6S. The first kappa shape index (κ1) is 34.5. The highest BCUT2D eigenvalue weighted by molar-refractivity contribution is 7.89. The van der Waals surface area contributed by atoms with Crippen LogP contribution in [0.4, 0.5) is 4.79 Å². The molecule has 3 N–H and O–H groups in total. The topological polar surface area (TPSA) is 132 Å². The number of hydrogen-bond acceptors (Lipinski definition) is 6. The van der Waals surface area contributed by atoms with E-state index in [4.69, 9.17) is 4.74 Å². The molecule has 0 bridgehead atoms. The monoisotopic (exact) mass is 640 g/mol. The van der Waals surface area contributed by atoms with Gasteiger partial charge in [-0.05, 0) is 70.2 Å². The maximum Gasteiger partial charge on any atom is 0.411 e. The van der Waals surface area contributed by atoms with Crippen molar-refractivity contribution in [2.75, 3.05) is 19.7 Å². The van der Waals surface area contributed by atoms with Gasteiger partial charge in [0.2, 0.25) is 15.9 Å². The van der Waals surface area contributed by atoms with E-state index in [9.17, 15) is 23.1 Å². The van der Waals surface area contributed by atoms with Crippen LogP contribution in [-0.2, 0) is 32.5 Å². The summed E-state index contributed by atoms with van der Waals surface area (Å²) in [5.41, 5.74) is 3.14. The van der Waals surface area contributed by atoms with E-state index in [1.54, 1.807) is 45.0 Å². The number of aromatic amines is 1. The number of unbranched alkanes of at least 4 members (excludes halogenated alkanes) is 1. The lowest BCUT2D eigenvalue weighted by atomic mass is 9.96. The first-order valence-corrected chi connectivity index (χ1v) is 17.2. The fourth-order valence-corrected chi connectivity index (χ4v) is 7.57. The lowest BCUT2D eigenvalue weighted by molar-refractivity contribution is -0.127. The first-order valence-electron chi connectivity index (χ1n) is 15.8. The van der Waals surface area contributed by atoms with Crippen LogP contribution in [0.2, 0.25) is 0 Å². The fourth-order valence-electron chi connectivity index (χ4n) is 5.76. The number of sulfonamides is 1. The molecule has 1 aromatic heterocycles. The molecule has 45 heavy (non-hydrogen) atoms. The molecule has 0 aliphatic carbocycles. The van der Waals surface area contributed by atoms with Gasteiger partial charge in [0.15, 0.2) is 0 Å². The number of hydrogen-bond donors (Lipinski definition) is 3. The zero-order chi connectivity index (χ0) is 32.9. The molecule has 0 spiro atoms. The minimum Gasteiger partial charge on any atom is -0.444 e. The Labute approximate surface area is 267 Å². The maximum atomic E-state index is 13.6. The van der Waals surface area contributed by atoms with Gasteiger partial charge in [-0.1, -0.05) is 56.2 Å². The van der Waals surface area contributed by atoms with Crippen molar-refractivity contribution in [2.45, 2.75) is 96.4 Å². The Balaban J connectivity index is 1.40. The van der Waals surface area contributed by atoms with E-state index in [1.165, 1.54) is 9.21 Å². The van der Waals surface area contributed by atoms with Crippen LogP contribution in [0.1, 0.15) is 70.7 Å². The summed E-state index contributed by atoms with van der Waals surface area (Å²) < 4.78 is 34.2. The molecule has 0 saturated heterocycles. The number of para-hydroxylation sites is 1. The van der Waals surface area contributed by atoms with Crippen molar-refractivity contribution in [2.24, 2.45) is 5.92 Å². The molecule has 0 saturated carbocycles. The number of aryl methyl sites for hydroxylation is 1. The van der Waals surface area contributed by atoms with Gasteiger partial charge in [0.05, 0.1) is 18.0 Å². The van der Waals surface area contributed by atoms with Crippen LogP contribution in [0.25, 0.3) is 10.9 Å². The number of nitrogens with one attached hydrogen (secondary N) is 2. The van der Waals surface area contributed by atoms with Crippen LogP contribution >= 0.6 is 0 Å². The minimum absolute atomic E-state index is 0.0691. The van der Waals surface area contributed by atoms with Gasteiger partial charge in [0, 0.05) is 42.1 Å². The van der Waals surface area contributed by atoms with Gasteiger partial charge in [0.1, 0.15) is 11.6 Å². The SMILES string of the molecule is Cc1ccc(S(=O)(=O)N(CC(C)C)[C@H](CO)CCCCNC(=O)[C@@H]2Cc3c([nH]c4ccccc34)CN2C(=O)OC(C)(C)C)cc1. The van der Waals surface area contributed by atoms with Crippen molar-refractivity contribution in [3.8, 4) is 0 Å². The van der Waals surface area contributed by atoms with E-state index in [0.717, 1.165) is 27.7 Å². The maximum absolute atomic E-state index is 13.6. The number of H-pyrrole nitrogens is 1. The quantitative estimate of drug-likeness (QED) is 0.235. The second-order valence-electron chi connectivity index (χ2n) is 13.4. The molecule has 2 atom stereocenters. The van der Waals surface area contributed by atoms with Gasteiger partial charge in [-0.25, -0.2) is 13.2 Å². The highest BCUT2D eigenvalue weighted by Crippen LogP contribution is 2.31. The molecule has 11 heteroatoms. The van der Waals surface area contributed by atoms with Crippen molar-refractivity contribution in [1.82, 2.24) is 19.5 Å². The van der Waals surface area contributed by atoms with Crippen molar-refractivity contribution in [3.05, 3.63) is 65.4 Å². The number of benzene rings is 2. The zero-order valence-corrected chi connectivity index (χ0v) is 28.1. The third-order valence-corrected chi connectivity index (χ3v) is 9.92. The number of aliphatic hydroxyl groups excluding tert-OH is 1. The Hall–Kier alpha value is -3.41. The summed E-state index contributed by atoms with van der Waals surface area (Å²) in [6.45, 7) is 11.8. The molecule has 2 heterocycles. The largest absolute Gasteiger partial charge is 0.444 e. The number of fused-ring (bicyclic) bond motifs is 3. The molecule has 246 valence electrons. The van der Waals surface area contributed by atoms with Gasteiger partial charge in [0.25, 0.3) is 0 Å². The molecule has 10 nitrogen and oxygen atoms in total. The summed E-state index contributed by atoms with van der Waals surface area (Å²) in [4.78, 5) is 31.8. The zero-order valence-electron chi connectivity index (χ0n) is 27.3. The number of amides is 2. The Morgan fingerprint density at radius 1 is 1.11 bits per heavy atom. The molecule has 1 aliphatic heterocycles. The number of aromatic nitrogens is 1. The molecule has 1 aliphatic rings. The molecule has 0 unspecified atom stereocenters. The van der Waals surface area contributed by atoms with E-state index >= 15 is 0 Å².